The van der Waals surface area contributed by atoms with Gasteiger partial charge < -0.3 is 25.2 Å². The van der Waals surface area contributed by atoms with Gasteiger partial charge in [-0.1, -0.05) is 0 Å². The first kappa shape index (κ1) is 18.5. The quantitative estimate of drug-likeness (QED) is 0.359. The van der Waals surface area contributed by atoms with Crippen LogP contribution in [0.25, 0.3) is 0 Å². The lowest BCUT2D eigenvalue weighted by atomic mass is 9.70. The van der Waals surface area contributed by atoms with Crippen molar-refractivity contribution in [1.29, 1.82) is 0 Å². The maximum Gasteiger partial charge on any atom is 0.187 e. The number of Topliss-reactive ketones (excluding diaryl/α,β-unsaturated/α-hetero) is 3. The van der Waals surface area contributed by atoms with E-state index >= 15 is 0 Å². The van der Waals surface area contributed by atoms with Crippen molar-refractivity contribution in [3.8, 4) is 0 Å². The van der Waals surface area contributed by atoms with Gasteiger partial charge in [0.05, 0.1) is 0 Å². The Bertz CT molecular complexity index is 431. The highest BCUT2D eigenvalue weighted by Crippen LogP contribution is 2.32. The molecule has 4 atom stereocenters. The Balaban J connectivity index is 6.06. The smallest absolute Gasteiger partial charge is 0.187 e. The largest absolute Gasteiger partial charge is 0.386 e. The zero-order valence-electron chi connectivity index (χ0n) is 11.4. The van der Waals surface area contributed by atoms with Gasteiger partial charge in [0, 0.05) is 6.42 Å². The highest BCUT2D eigenvalue weighted by molar-refractivity contribution is 5.99. The summed E-state index contributed by atoms with van der Waals surface area (Å²) in [5.41, 5.74) is -6.14. The molecule has 0 amide bonds. The van der Waals surface area contributed by atoms with Crippen LogP contribution in [0.3, 0.4) is 0 Å². The number of hydrogen-bond acceptors (Lipinski definition) is 8. The number of ketones is 3. The second kappa shape index (κ2) is 6.31. The third kappa shape index (κ3) is 2.83. The Morgan fingerprint density at radius 3 is 1.75 bits per heavy atom. The van der Waals surface area contributed by atoms with Crippen molar-refractivity contribution < 1.29 is 39.6 Å². The monoisotopic (exact) mass is 290 g/mol. The lowest BCUT2D eigenvalue weighted by molar-refractivity contribution is -0.215. The van der Waals surface area contributed by atoms with E-state index in [2.05, 4.69) is 0 Å². The number of carbonyl (C=O) groups is 4. The predicted molar refractivity (Wildman–Crippen MR) is 64.6 cm³/mol. The molecular weight excluding hydrogens is 272 g/mol. The maximum absolute atomic E-state index is 11.6. The average Bonchev–Trinajstić information content (AvgIpc) is 2.35. The molecule has 0 saturated carbocycles. The van der Waals surface area contributed by atoms with E-state index < -0.39 is 47.2 Å². The van der Waals surface area contributed by atoms with Crippen LogP contribution in [-0.2, 0) is 19.2 Å². The van der Waals surface area contributed by atoms with Crippen LogP contribution in [0.4, 0.5) is 0 Å². The van der Waals surface area contributed by atoms with Gasteiger partial charge >= 0.3 is 0 Å². The lowest BCUT2D eigenvalue weighted by Gasteiger charge is -2.42. The van der Waals surface area contributed by atoms with E-state index in [1.807, 2.05) is 0 Å². The van der Waals surface area contributed by atoms with Gasteiger partial charge in [0.1, 0.15) is 18.5 Å². The first-order chi connectivity index (χ1) is 8.96. The molecule has 20 heavy (non-hydrogen) atoms. The van der Waals surface area contributed by atoms with E-state index in [0.29, 0.717) is 0 Å². The van der Waals surface area contributed by atoms with Crippen molar-refractivity contribution in [3.05, 3.63) is 0 Å². The molecule has 0 aromatic carbocycles. The van der Waals surface area contributed by atoms with Crippen molar-refractivity contribution in [2.24, 2.45) is 0 Å². The normalized spacial score (nSPS) is 20.1. The van der Waals surface area contributed by atoms with E-state index in [9.17, 15) is 39.6 Å². The molecule has 1 unspecified atom stereocenters. The van der Waals surface area contributed by atoms with Gasteiger partial charge in [-0.15, -0.1) is 0 Å². The van der Waals surface area contributed by atoms with E-state index in [1.54, 1.807) is 0 Å². The van der Waals surface area contributed by atoms with Crippen molar-refractivity contribution in [3.63, 3.8) is 0 Å². The fourth-order valence-electron chi connectivity index (χ4n) is 1.88. The van der Waals surface area contributed by atoms with Crippen LogP contribution in [0.15, 0.2) is 0 Å². The highest BCUT2D eigenvalue weighted by atomic mass is 16.4. The summed E-state index contributed by atoms with van der Waals surface area (Å²) in [6.07, 6.45) is -5.59. The molecule has 0 rings (SSSR count). The molecule has 0 heterocycles. The van der Waals surface area contributed by atoms with Crippen LogP contribution in [-0.4, -0.2) is 67.5 Å². The molecule has 8 nitrogen and oxygen atoms in total. The number of hydrogen-bond donors (Lipinski definition) is 4. The van der Waals surface area contributed by atoms with Crippen molar-refractivity contribution in [2.75, 3.05) is 0 Å². The van der Waals surface area contributed by atoms with Crippen molar-refractivity contribution in [2.45, 2.75) is 50.6 Å². The van der Waals surface area contributed by atoms with Gasteiger partial charge in [-0.25, -0.2) is 0 Å². The Kier molecular flexibility index (Phi) is 5.85. The topological polar surface area (TPSA) is 149 Å². The molecule has 0 aliphatic rings. The van der Waals surface area contributed by atoms with Gasteiger partial charge in [0.15, 0.2) is 28.6 Å². The Morgan fingerprint density at radius 1 is 1.05 bits per heavy atom. The number of aldehydes is 1. The highest BCUT2D eigenvalue weighted by Gasteiger charge is 2.62. The molecule has 8 heteroatoms. The molecule has 0 saturated heterocycles. The first-order valence-corrected chi connectivity index (χ1v) is 5.73. The predicted octanol–water partition coefficient (Wildman–Crippen LogP) is -2.47. The Hall–Kier alpha value is -1.48. The summed E-state index contributed by atoms with van der Waals surface area (Å²) >= 11 is 0. The number of aliphatic hydroxyl groups excluding tert-OH is 2. The zero-order chi connectivity index (χ0) is 16.3. The van der Waals surface area contributed by atoms with Crippen LogP contribution >= 0.6 is 0 Å². The molecule has 0 spiro atoms. The Labute approximate surface area is 115 Å². The minimum absolute atomic E-state index is 0.0716. The fraction of sp³-hybridized carbons (Fsp3) is 0.667. The molecule has 0 fully saturated rings. The minimum atomic E-state index is -3.19. The average molecular weight is 290 g/mol. The van der Waals surface area contributed by atoms with Gasteiger partial charge in [-0.05, 0) is 20.8 Å². The summed E-state index contributed by atoms with van der Waals surface area (Å²) in [7, 11) is 0. The summed E-state index contributed by atoms with van der Waals surface area (Å²) < 4.78 is 0. The fourth-order valence-corrected chi connectivity index (χ4v) is 1.88. The third-order valence-electron chi connectivity index (χ3n) is 3.27. The van der Waals surface area contributed by atoms with Crippen LogP contribution in [0.2, 0.25) is 0 Å². The molecule has 0 aliphatic heterocycles. The molecule has 0 radical (unpaired) electrons. The van der Waals surface area contributed by atoms with Crippen molar-refractivity contribution >= 4 is 23.6 Å². The van der Waals surface area contributed by atoms with Gasteiger partial charge in [-0.2, -0.15) is 0 Å². The summed E-state index contributed by atoms with van der Waals surface area (Å²) in [5.74, 6) is -3.43. The summed E-state index contributed by atoms with van der Waals surface area (Å²) in [6.45, 7) is 2.42. The van der Waals surface area contributed by atoms with Gasteiger partial charge in [-0.3, -0.25) is 14.4 Å². The van der Waals surface area contributed by atoms with Crippen LogP contribution < -0.4 is 0 Å². The van der Waals surface area contributed by atoms with E-state index in [1.165, 1.54) is 0 Å². The van der Waals surface area contributed by atoms with E-state index in [0.717, 1.165) is 20.8 Å². The summed E-state index contributed by atoms with van der Waals surface area (Å²) in [4.78, 5) is 44.7. The maximum atomic E-state index is 11.6. The first-order valence-electron chi connectivity index (χ1n) is 5.73. The molecule has 0 aromatic heterocycles. The molecule has 0 bridgehead atoms. The van der Waals surface area contributed by atoms with Crippen LogP contribution in [0.1, 0.15) is 27.2 Å². The molecule has 0 aliphatic carbocycles. The van der Waals surface area contributed by atoms with Gasteiger partial charge in [0.25, 0.3) is 0 Å². The number of rotatable bonds is 8. The molecule has 114 valence electrons. The van der Waals surface area contributed by atoms with Crippen molar-refractivity contribution in [1.82, 2.24) is 0 Å². The summed E-state index contributed by atoms with van der Waals surface area (Å²) in [6, 6.07) is 0. The molecule has 0 aromatic rings. The second-order valence-electron chi connectivity index (χ2n) is 4.61. The summed E-state index contributed by atoms with van der Waals surface area (Å²) in [5, 5.41) is 39.7. The SMILES string of the molecule is CC(=O)C(O)[C@@H](O)[C@](O)(C(C)=O)[C@](O)(CC=O)C(C)=O. The van der Waals surface area contributed by atoms with Crippen LogP contribution in [0, 0.1) is 0 Å². The minimum Gasteiger partial charge on any atom is -0.386 e. The second-order valence-corrected chi connectivity index (χ2v) is 4.61. The standard InChI is InChI=1S/C12H18O8/c1-6(14)9(17)10(18)12(20,8(3)16)11(19,4-5-13)7(2)15/h5,9-10,17-20H,4H2,1-3H3/t9?,10-,11+,12-/m1/s1. The number of aliphatic hydroxyl groups is 4. The van der Waals surface area contributed by atoms with Crippen LogP contribution in [0.5, 0.6) is 0 Å². The van der Waals surface area contributed by atoms with E-state index in [4.69, 9.17) is 0 Å². The zero-order valence-corrected chi connectivity index (χ0v) is 11.4. The number of carbonyl (C=O) groups excluding carboxylic acids is 4. The van der Waals surface area contributed by atoms with E-state index in [-0.39, 0.29) is 6.29 Å². The van der Waals surface area contributed by atoms with Gasteiger partial charge in [0.2, 0.25) is 0 Å². The lowest BCUT2D eigenvalue weighted by Crippen LogP contribution is -2.71. The molecule has 4 N–H and O–H groups in total. The molecular formula is C12H18O8. The Morgan fingerprint density at radius 2 is 1.50 bits per heavy atom. The third-order valence-corrected chi connectivity index (χ3v) is 3.27.